The maximum Gasteiger partial charge on any atom is 0.171 e. The van der Waals surface area contributed by atoms with E-state index in [0.717, 1.165) is 11.3 Å². The van der Waals surface area contributed by atoms with Crippen LogP contribution in [-0.2, 0) is 0 Å². The summed E-state index contributed by atoms with van der Waals surface area (Å²) in [5.74, 6) is 0. The van der Waals surface area contributed by atoms with Crippen LogP contribution in [0.1, 0.15) is 11.6 Å². The van der Waals surface area contributed by atoms with Crippen molar-refractivity contribution in [2.45, 2.75) is 6.04 Å². The number of hydrogen-bond donors (Lipinski definition) is 3. The summed E-state index contributed by atoms with van der Waals surface area (Å²) >= 11 is 11.1. The predicted molar refractivity (Wildman–Crippen MR) is 87.1 cm³/mol. The van der Waals surface area contributed by atoms with E-state index in [1.807, 2.05) is 42.5 Å². The molecular weight excluding hydrogens is 292 g/mol. The van der Waals surface area contributed by atoms with E-state index < -0.39 is 0 Å². The van der Waals surface area contributed by atoms with Crippen molar-refractivity contribution in [1.82, 2.24) is 5.32 Å². The maximum absolute atomic E-state index is 9.46. The number of nitrogens with one attached hydrogen (secondary N) is 2. The molecule has 3 nitrogen and oxygen atoms in total. The molecule has 5 heteroatoms. The SMILES string of the molecule is OCC(NC(=S)Nc1ccc(Cl)cc1)c1ccccc1. The van der Waals surface area contributed by atoms with Gasteiger partial charge < -0.3 is 15.7 Å². The highest BCUT2D eigenvalue weighted by Gasteiger charge is 2.11. The highest BCUT2D eigenvalue weighted by Crippen LogP contribution is 2.15. The van der Waals surface area contributed by atoms with Crippen LogP contribution in [0.3, 0.4) is 0 Å². The van der Waals surface area contributed by atoms with Gasteiger partial charge in [-0.15, -0.1) is 0 Å². The lowest BCUT2D eigenvalue weighted by atomic mass is 10.1. The van der Waals surface area contributed by atoms with Crippen molar-refractivity contribution in [3.05, 3.63) is 65.2 Å². The average Bonchev–Trinajstić information content (AvgIpc) is 2.48. The van der Waals surface area contributed by atoms with E-state index in [2.05, 4.69) is 10.6 Å². The van der Waals surface area contributed by atoms with Crippen molar-refractivity contribution in [3.63, 3.8) is 0 Å². The van der Waals surface area contributed by atoms with Crippen LogP contribution in [-0.4, -0.2) is 16.8 Å². The van der Waals surface area contributed by atoms with E-state index >= 15 is 0 Å². The van der Waals surface area contributed by atoms with Crippen molar-refractivity contribution in [2.24, 2.45) is 0 Å². The van der Waals surface area contributed by atoms with Crippen LogP contribution < -0.4 is 10.6 Å². The van der Waals surface area contributed by atoms with Gasteiger partial charge in [-0.05, 0) is 42.0 Å². The number of aliphatic hydroxyl groups excluding tert-OH is 1. The monoisotopic (exact) mass is 306 g/mol. The Morgan fingerprint density at radius 1 is 1.10 bits per heavy atom. The molecule has 0 heterocycles. The summed E-state index contributed by atoms with van der Waals surface area (Å²) in [7, 11) is 0. The molecule has 0 bridgehead atoms. The van der Waals surface area contributed by atoms with E-state index in [4.69, 9.17) is 23.8 Å². The molecule has 0 aliphatic heterocycles. The van der Waals surface area contributed by atoms with Gasteiger partial charge in [0.15, 0.2) is 5.11 Å². The zero-order valence-electron chi connectivity index (χ0n) is 10.7. The molecule has 1 unspecified atom stereocenters. The van der Waals surface area contributed by atoms with Gasteiger partial charge in [0.2, 0.25) is 0 Å². The van der Waals surface area contributed by atoms with Gasteiger partial charge in [-0.2, -0.15) is 0 Å². The Kier molecular flexibility index (Phi) is 5.35. The molecule has 2 rings (SSSR count). The largest absolute Gasteiger partial charge is 0.394 e. The van der Waals surface area contributed by atoms with Gasteiger partial charge in [-0.1, -0.05) is 41.9 Å². The van der Waals surface area contributed by atoms with Gasteiger partial charge >= 0.3 is 0 Å². The van der Waals surface area contributed by atoms with Crippen molar-refractivity contribution < 1.29 is 5.11 Å². The maximum atomic E-state index is 9.46. The van der Waals surface area contributed by atoms with Gasteiger partial charge in [-0.25, -0.2) is 0 Å². The predicted octanol–water partition coefficient (Wildman–Crippen LogP) is 3.36. The molecule has 20 heavy (non-hydrogen) atoms. The third-order valence-corrected chi connectivity index (χ3v) is 3.26. The van der Waals surface area contributed by atoms with E-state index in [-0.39, 0.29) is 12.6 Å². The van der Waals surface area contributed by atoms with Crippen LogP contribution in [0.15, 0.2) is 54.6 Å². The fourth-order valence-electron chi connectivity index (χ4n) is 1.78. The minimum Gasteiger partial charge on any atom is -0.394 e. The minimum atomic E-state index is -0.233. The molecule has 0 saturated heterocycles. The molecule has 2 aromatic carbocycles. The number of rotatable bonds is 4. The topological polar surface area (TPSA) is 44.3 Å². The fourth-order valence-corrected chi connectivity index (χ4v) is 2.16. The first-order valence-electron chi connectivity index (χ1n) is 6.18. The number of anilines is 1. The van der Waals surface area contributed by atoms with E-state index in [0.29, 0.717) is 10.1 Å². The van der Waals surface area contributed by atoms with Crippen LogP contribution in [0.4, 0.5) is 5.69 Å². The van der Waals surface area contributed by atoms with Crippen LogP contribution in [0.25, 0.3) is 0 Å². The fraction of sp³-hybridized carbons (Fsp3) is 0.133. The Hall–Kier alpha value is -1.62. The molecule has 0 saturated carbocycles. The summed E-state index contributed by atoms with van der Waals surface area (Å²) in [5, 5.41) is 16.7. The zero-order valence-corrected chi connectivity index (χ0v) is 12.3. The molecule has 0 aliphatic rings. The normalized spacial score (nSPS) is 11.7. The quantitative estimate of drug-likeness (QED) is 0.758. The Morgan fingerprint density at radius 2 is 1.75 bits per heavy atom. The highest BCUT2D eigenvalue weighted by atomic mass is 35.5. The number of hydrogen-bond acceptors (Lipinski definition) is 2. The standard InChI is InChI=1S/C15H15ClN2OS/c16-12-6-8-13(9-7-12)17-15(20)18-14(10-19)11-4-2-1-3-5-11/h1-9,14,19H,10H2,(H2,17,18,20). The summed E-state index contributed by atoms with van der Waals surface area (Å²) < 4.78 is 0. The first-order valence-corrected chi connectivity index (χ1v) is 6.96. The van der Waals surface area contributed by atoms with Crippen molar-refractivity contribution in [2.75, 3.05) is 11.9 Å². The Bertz CT molecular complexity index is 560. The lowest BCUT2D eigenvalue weighted by Crippen LogP contribution is -2.34. The smallest absolute Gasteiger partial charge is 0.171 e. The van der Waals surface area contributed by atoms with Gasteiger partial charge in [0, 0.05) is 10.7 Å². The molecular formula is C15H15ClN2OS. The third kappa shape index (κ3) is 4.20. The summed E-state index contributed by atoms with van der Waals surface area (Å²) in [6, 6.07) is 16.7. The van der Waals surface area contributed by atoms with Gasteiger partial charge in [0.05, 0.1) is 12.6 Å². The number of aliphatic hydroxyl groups is 1. The molecule has 0 radical (unpaired) electrons. The van der Waals surface area contributed by atoms with Crippen LogP contribution >= 0.6 is 23.8 Å². The Morgan fingerprint density at radius 3 is 2.35 bits per heavy atom. The second-order valence-corrected chi connectivity index (χ2v) is 5.10. The first kappa shape index (κ1) is 14.8. The van der Waals surface area contributed by atoms with E-state index in [9.17, 15) is 5.11 Å². The molecule has 1 atom stereocenters. The van der Waals surface area contributed by atoms with Gasteiger partial charge in [0.25, 0.3) is 0 Å². The number of benzene rings is 2. The molecule has 0 fully saturated rings. The minimum absolute atomic E-state index is 0.0353. The second-order valence-electron chi connectivity index (χ2n) is 4.25. The van der Waals surface area contributed by atoms with E-state index in [1.54, 1.807) is 12.1 Å². The summed E-state index contributed by atoms with van der Waals surface area (Å²) in [4.78, 5) is 0. The Labute approximate surface area is 128 Å². The Balaban J connectivity index is 1.97. The zero-order chi connectivity index (χ0) is 14.4. The van der Waals surface area contributed by atoms with Gasteiger partial charge in [0.1, 0.15) is 0 Å². The van der Waals surface area contributed by atoms with Gasteiger partial charge in [-0.3, -0.25) is 0 Å². The summed E-state index contributed by atoms with van der Waals surface area (Å²) in [5.41, 5.74) is 1.83. The summed E-state index contributed by atoms with van der Waals surface area (Å²) in [6.45, 7) is -0.0353. The van der Waals surface area contributed by atoms with Crippen molar-refractivity contribution >= 4 is 34.6 Å². The highest BCUT2D eigenvalue weighted by molar-refractivity contribution is 7.80. The lowest BCUT2D eigenvalue weighted by Gasteiger charge is -2.19. The molecule has 0 amide bonds. The van der Waals surface area contributed by atoms with E-state index in [1.165, 1.54) is 0 Å². The summed E-state index contributed by atoms with van der Waals surface area (Å²) in [6.07, 6.45) is 0. The first-order chi connectivity index (χ1) is 9.69. The average molecular weight is 307 g/mol. The number of halogens is 1. The molecule has 104 valence electrons. The lowest BCUT2D eigenvalue weighted by molar-refractivity contribution is 0.258. The molecule has 2 aromatic rings. The molecule has 0 aliphatic carbocycles. The molecule has 0 spiro atoms. The molecule has 0 aromatic heterocycles. The van der Waals surface area contributed by atoms with Crippen LogP contribution in [0, 0.1) is 0 Å². The number of thiocarbonyl (C=S) groups is 1. The van der Waals surface area contributed by atoms with Crippen molar-refractivity contribution in [3.8, 4) is 0 Å². The third-order valence-electron chi connectivity index (χ3n) is 2.79. The van der Waals surface area contributed by atoms with Crippen LogP contribution in [0.2, 0.25) is 5.02 Å². The second kappa shape index (κ2) is 7.24. The van der Waals surface area contributed by atoms with Crippen LogP contribution in [0.5, 0.6) is 0 Å². The molecule has 3 N–H and O–H groups in total. The van der Waals surface area contributed by atoms with Crippen molar-refractivity contribution in [1.29, 1.82) is 0 Å².